The Labute approximate surface area is 133 Å². The number of hydrogen-bond acceptors (Lipinski definition) is 4. The first-order chi connectivity index (χ1) is 10.3. The molecule has 2 rings (SSSR count). The highest BCUT2D eigenvalue weighted by molar-refractivity contribution is 7.89. The van der Waals surface area contributed by atoms with Gasteiger partial charge in [0.15, 0.2) is 0 Å². The molecule has 0 bridgehead atoms. The van der Waals surface area contributed by atoms with Crippen LogP contribution in [0.1, 0.15) is 32.3 Å². The minimum atomic E-state index is -3.43. The number of Topliss-reactive ketones (excluding diaryl/α,β-unsaturated/α-hetero) is 1. The maximum atomic E-state index is 12.6. The molecule has 1 aliphatic heterocycles. The summed E-state index contributed by atoms with van der Waals surface area (Å²) >= 11 is 0. The van der Waals surface area contributed by atoms with E-state index in [2.05, 4.69) is 13.8 Å². The first-order valence-electron chi connectivity index (χ1n) is 7.62. The van der Waals surface area contributed by atoms with Gasteiger partial charge in [-0.1, -0.05) is 26.0 Å². The molecule has 122 valence electrons. The molecule has 0 amide bonds. The summed E-state index contributed by atoms with van der Waals surface area (Å²) < 4.78 is 26.8. The van der Waals surface area contributed by atoms with E-state index in [9.17, 15) is 13.2 Å². The molecule has 0 aromatic heterocycles. The van der Waals surface area contributed by atoms with Crippen LogP contribution in [-0.2, 0) is 14.8 Å². The van der Waals surface area contributed by atoms with E-state index in [1.165, 1.54) is 4.31 Å². The predicted octanol–water partition coefficient (Wildman–Crippen LogP) is 1.71. The van der Waals surface area contributed by atoms with Crippen LogP contribution in [0, 0.1) is 0 Å². The number of nitrogens with zero attached hydrogens (tertiary/aromatic N) is 2. The number of sulfonamides is 1. The van der Waals surface area contributed by atoms with Crippen molar-refractivity contribution in [3.63, 3.8) is 0 Å². The van der Waals surface area contributed by atoms with Gasteiger partial charge in [0.05, 0.1) is 11.4 Å². The van der Waals surface area contributed by atoms with Gasteiger partial charge in [0.2, 0.25) is 10.0 Å². The van der Waals surface area contributed by atoms with Crippen LogP contribution in [0.25, 0.3) is 0 Å². The van der Waals surface area contributed by atoms with Crippen LogP contribution >= 0.6 is 0 Å². The summed E-state index contributed by atoms with van der Waals surface area (Å²) in [5.74, 6) is 0.493. The van der Waals surface area contributed by atoms with Crippen LogP contribution in [0.3, 0.4) is 0 Å². The van der Waals surface area contributed by atoms with E-state index in [1.807, 2.05) is 17.0 Å². The minimum absolute atomic E-state index is 0.112. The minimum Gasteiger partial charge on any atom is -0.299 e. The third-order valence-corrected chi connectivity index (χ3v) is 5.87. The zero-order valence-corrected chi connectivity index (χ0v) is 14.3. The normalized spacial score (nSPS) is 17.8. The van der Waals surface area contributed by atoms with E-state index in [1.54, 1.807) is 19.1 Å². The predicted molar refractivity (Wildman–Crippen MR) is 86.4 cm³/mol. The lowest BCUT2D eigenvalue weighted by molar-refractivity contribution is -0.118. The summed E-state index contributed by atoms with van der Waals surface area (Å²) in [6.07, 6.45) is 0. The van der Waals surface area contributed by atoms with E-state index in [0.717, 1.165) is 5.56 Å². The van der Waals surface area contributed by atoms with Crippen molar-refractivity contribution in [2.75, 3.05) is 32.7 Å². The number of piperazine rings is 1. The molecule has 1 heterocycles. The van der Waals surface area contributed by atoms with E-state index in [4.69, 9.17) is 0 Å². The lowest BCUT2D eigenvalue weighted by Crippen LogP contribution is -2.49. The largest absolute Gasteiger partial charge is 0.299 e. The number of rotatable bonds is 5. The second kappa shape index (κ2) is 6.89. The first kappa shape index (κ1) is 17.1. The van der Waals surface area contributed by atoms with Gasteiger partial charge in [0, 0.05) is 26.2 Å². The van der Waals surface area contributed by atoms with Crippen molar-refractivity contribution in [3.05, 3.63) is 29.8 Å². The molecule has 1 saturated heterocycles. The SMILES string of the molecule is CC(=O)CN1CCN(S(=O)(=O)c2ccc(C(C)C)cc2)CC1. The van der Waals surface area contributed by atoms with E-state index in [-0.39, 0.29) is 5.78 Å². The molecule has 0 saturated carbocycles. The summed E-state index contributed by atoms with van der Waals surface area (Å²) in [5.41, 5.74) is 1.13. The van der Waals surface area contributed by atoms with Crippen molar-refractivity contribution < 1.29 is 13.2 Å². The van der Waals surface area contributed by atoms with Gasteiger partial charge >= 0.3 is 0 Å². The van der Waals surface area contributed by atoms with Gasteiger partial charge in [-0.2, -0.15) is 4.31 Å². The van der Waals surface area contributed by atoms with Gasteiger partial charge in [0.1, 0.15) is 5.78 Å². The Hall–Kier alpha value is -1.24. The van der Waals surface area contributed by atoms with E-state index >= 15 is 0 Å². The molecule has 1 aromatic carbocycles. The average molecular weight is 324 g/mol. The summed E-state index contributed by atoms with van der Waals surface area (Å²) in [4.78, 5) is 13.5. The second-order valence-corrected chi connectivity index (χ2v) is 8.04. The quantitative estimate of drug-likeness (QED) is 0.827. The average Bonchev–Trinajstić information content (AvgIpc) is 2.47. The smallest absolute Gasteiger partial charge is 0.243 e. The number of benzene rings is 1. The third-order valence-electron chi connectivity index (χ3n) is 3.96. The van der Waals surface area contributed by atoms with Crippen LogP contribution in [0.15, 0.2) is 29.2 Å². The van der Waals surface area contributed by atoms with Crippen molar-refractivity contribution in [1.29, 1.82) is 0 Å². The first-order valence-corrected chi connectivity index (χ1v) is 9.06. The summed E-state index contributed by atoms with van der Waals surface area (Å²) in [6.45, 7) is 8.18. The lowest BCUT2D eigenvalue weighted by Gasteiger charge is -2.33. The molecule has 1 aliphatic rings. The molecule has 1 aromatic rings. The maximum Gasteiger partial charge on any atom is 0.243 e. The Morgan fingerprint density at radius 1 is 1.09 bits per heavy atom. The number of ketones is 1. The van der Waals surface area contributed by atoms with Crippen molar-refractivity contribution in [1.82, 2.24) is 9.21 Å². The van der Waals surface area contributed by atoms with Gasteiger partial charge in [-0.3, -0.25) is 9.69 Å². The number of carbonyl (C=O) groups excluding carboxylic acids is 1. The van der Waals surface area contributed by atoms with Crippen LogP contribution in [0.2, 0.25) is 0 Å². The van der Waals surface area contributed by atoms with Crippen molar-refractivity contribution in [3.8, 4) is 0 Å². The Balaban J connectivity index is 2.06. The molecule has 0 spiro atoms. The Morgan fingerprint density at radius 3 is 2.09 bits per heavy atom. The van der Waals surface area contributed by atoms with Gasteiger partial charge in [0.25, 0.3) is 0 Å². The number of carbonyl (C=O) groups is 1. The maximum absolute atomic E-state index is 12.6. The monoisotopic (exact) mass is 324 g/mol. The highest BCUT2D eigenvalue weighted by atomic mass is 32.2. The molecular formula is C16H24N2O3S. The highest BCUT2D eigenvalue weighted by Crippen LogP contribution is 2.21. The van der Waals surface area contributed by atoms with Gasteiger partial charge in [-0.15, -0.1) is 0 Å². The molecule has 0 N–H and O–H groups in total. The third kappa shape index (κ3) is 3.94. The molecular weight excluding hydrogens is 300 g/mol. The van der Waals surface area contributed by atoms with Gasteiger partial charge in [-0.05, 0) is 30.5 Å². The van der Waals surface area contributed by atoms with Crippen LogP contribution in [0.4, 0.5) is 0 Å². The van der Waals surface area contributed by atoms with Gasteiger partial charge in [-0.25, -0.2) is 8.42 Å². The summed E-state index contributed by atoms with van der Waals surface area (Å²) in [6, 6.07) is 7.13. The summed E-state index contributed by atoms with van der Waals surface area (Å²) in [7, 11) is -3.43. The summed E-state index contributed by atoms with van der Waals surface area (Å²) in [5, 5.41) is 0. The number of hydrogen-bond donors (Lipinski definition) is 0. The zero-order valence-electron chi connectivity index (χ0n) is 13.4. The van der Waals surface area contributed by atoms with Crippen molar-refractivity contribution in [2.24, 2.45) is 0 Å². The molecule has 0 aliphatic carbocycles. The van der Waals surface area contributed by atoms with E-state index < -0.39 is 10.0 Å². The lowest BCUT2D eigenvalue weighted by atomic mass is 10.0. The molecule has 0 atom stereocenters. The highest BCUT2D eigenvalue weighted by Gasteiger charge is 2.28. The van der Waals surface area contributed by atoms with Crippen LogP contribution in [0.5, 0.6) is 0 Å². The van der Waals surface area contributed by atoms with Gasteiger partial charge < -0.3 is 0 Å². The fraction of sp³-hybridized carbons (Fsp3) is 0.562. The standard InChI is InChI=1S/C16H24N2O3S/c1-13(2)15-4-6-16(7-5-15)22(20,21)18-10-8-17(9-11-18)12-14(3)19/h4-7,13H,8-12H2,1-3H3. The van der Waals surface area contributed by atoms with Crippen LogP contribution in [-0.4, -0.2) is 56.1 Å². The zero-order chi connectivity index (χ0) is 16.3. The fourth-order valence-electron chi connectivity index (χ4n) is 2.62. The van der Waals surface area contributed by atoms with Crippen molar-refractivity contribution in [2.45, 2.75) is 31.6 Å². The molecule has 0 unspecified atom stereocenters. The Kier molecular flexibility index (Phi) is 5.36. The van der Waals surface area contributed by atoms with Crippen LogP contribution < -0.4 is 0 Å². The Bertz CT molecular complexity index is 615. The molecule has 5 nitrogen and oxygen atoms in total. The fourth-order valence-corrected chi connectivity index (χ4v) is 4.04. The molecule has 22 heavy (non-hydrogen) atoms. The second-order valence-electron chi connectivity index (χ2n) is 6.11. The van der Waals surface area contributed by atoms with Crippen molar-refractivity contribution >= 4 is 15.8 Å². The van der Waals surface area contributed by atoms with E-state index in [0.29, 0.717) is 43.5 Å². The molecule has 1 fully saturated rings. The molecule has 0 radical (unpaired) electrons. The molecule has 6 heteroatoms. The Morgan fingerprint density at radius 2 is 1.64 bits per heavy atom. The topological polar surface area (TPSA) is 57.7 Å².